The first kappa shape index (κ1) is 48.2. The van der Waals surface area contributed by atoms with Crippen molar-refractivity contribution in [1.82, 2.24) is 24.5 Å². The van der Waals surface area contributed by atoms with Crippen LogP contribution in [0.4, 0.5) is 0 Å². The minimum atomic E-state index is -0.981. The summed E-state index contributed by atoms with van der Waals surface area (Å²) in [5, 5.41) is 38.6. The van der Waals surface area contributed by atoms with E-state index in [2.05, 4.69) is 78.2 Å². The fourth-order valence-corrected chi connectivity index (χ4v) is 8.80. The summed E-state index contributed by atoms with van der Waals surface area (Å²) in [5.41, 5.74) is 8.41. The van der Waals surface area contributed by atoms with E-state index in [1.165, 1.54) is 33.4 Å². The number of rotatable bonds is 20. The van der Waals surface area contributed by atoms with Crippen molar-refractivity contribution in [3.05, 3.63) is 88.5 Å². The van der Waals surface area contributed by atoms with Crippen LogP contribution in [0.5, 0.6) is 5.75 Å². The molecule has 3 aromatic carbocycles. The molecular formula is C48H67N5O9. The van der Waals surface area contributed by atoms with Gasteiger partial charge in [-0.2, -0.15) is 0 Å². The number of likely N-dealkylation sites (tertiary alicyclic amines) is 1. The van der Waals surface area contributed by atoms with Crippen molar-refractivity contribution < 1.29 is 44.3 Å². The molecule has 0 amide bonds. The molecule has 1 atom stereocenters. The Morgan fingerprint density at radius 1 is 0.613 bits per heavy atom. The van der Waals surface area contributed by atoms with Gasteiger partial charge in [0.15, 0.2) is 0 Å². The monoisotopic (exact) mass is 857 g/mol. The van der Waals surface area contributed by atoms with Crippen LogP contribution < -0.4 is 4.74 Å². The molecule has 0 radical (unpaired) electrons. The molecule has 0 aliphatic carbocycles. The van der Waals surface area contributed by atoms with Gasteiger partial charge >= 0.3 is 23.9 Å². The second-order valence-corrected chi connectivity index (χ2v) is 16.9. The van der Waals surface area contributed by atoms with Crippen LogP contribution >= 0.6 is 0 Å². The van der Waals surface area contributed by atoms with Crippen molar-refractivity contribution in [2.45, 2.75) is 77.8 Å². The van der Waals surface area contributed by atoms with Gasteiger partial charge in [0, 0.05) is 64.5 Å². The third kappa shape index (κ3) is 15.5. The van der Waals surface area contributed by atoms with Gasteiger partial charge in [-0.15, -0.1) is 0 Å². The highest BCUT2D eigenvalue weighted by molar-refractivity contribution is 5.73. The molecule has 5 rings (SSSR count). The smallest absolute Gasteiger partial charge is 0.320 e. The molecule has 14 nitrogen and oxygen atoms in total. The van der Waals surface area contributed by atoms with E-state index in [0.29, 0.717) is 71.9 Å². The number of aryl methyl sites for hydroxylation is 3. The molecule has 2 heterocycles. The van der Waals surface area contributed by atoms with E-state index in [0.717, 1.165) is 69.3 Å². The first-order valence-electron chi connectivity index (χ1n) is 22.3. The van der Waals surface area contributed by atoms with Crippen molar-refractivity contribution in [3.63, 3.8) is 0 Å². The number of hydrogen-bond donors (Lipinski definition) is 4. The van der Waals surface area contributed by atoms with Gasteiger partial charge in [0.1, 0.15) is 11.8 Å². The molecular weight excluding hydrogens is 791 g/mol. The zero-order valence-electron chi connectivity index (χ0n) is 36.7. The highest BCUT2D eigenvalue weighted by atomic mass is 16.5. The van der Waals surface area contributed by atoms with E-state index in [-0.39, 0.29) is 19.6 Å². The average Bonchev–Trinajstić information content (AvgIpc) is 3.23. The number of hydrogen-bond acceptors (Lipinski definition) is 10. The summed E-state index contributed by atoms with van der Waals surface area (Å²) in [6, 6.07) is 20.8. The molecule has 2 fully saturated rings. The van der Waals surface area contributed by atoms with Crippen molar-refractivity contribution in [1.29, 1.82) is 0 Å². The largest absolute Gasteiger partial charge is 0.493 e. The van der Waals surface area contributed by atoms with Gasteiger partial charge in [-0.3, -0.25) is 38.8 Å². The Morgan fingerprint density at radius 2 is 1.19 bits per heavy atom. The second kappa shape index (κ2) is 24.7. The van der Waals surface area contributed by atoms with Crippen LogP contribution in [0, 0.1) is 13.8 Å². The third-order valence-electron chi connectivity index (χ3n) is 12.4. The van der Waals surface area contributed by atoms with E-state index in [4.69, 9.17) is 4.74 Å². The molecule has 14 heteroatoms. The lowest BCUT2D eigenvalue weighted by Crippen LogP contribution is -2.48. The molecule has 62 heavy (non-hydrogen) atoms. The molecule has 4 N–H and O–H groups in total. The van der Waals surface area contributed by atoms with Crippen molar-refractivity contribution >= 4 is 23.9 Å². The fraction of sp³-hybridized carbons (Fsp3) is 0.542. The Kier molecular flexibility index (Phi) is 19.2. The number of carbonyl (C=O) groups is 4. The maximum atomic E-state index is 12.2. The minimum Gasteiger partial charge on any atom is -0.493 e. The lowest BCUT2D eigenvalue weighted by atomic mass is 9.92. The molecule has 2 aliphatic rings. The van der Waals surface area contributed by atoms with Crippen LogP contribution in [0.2, 0.25) is 0 Å². The standard InChI is InChI=1S/C48H67N5O9/c1-36-30-41(32-53-20-9-7-16-43(53)48(60)61)44(31-40(36)18-17-38-14-11-15-42(37(38)2)39-12-5-3-6-13-39)62-29-10-4-8-19-49-21-23-50(33-45(54)55)25-27-52(35-47(58)59)28-26-51(24-22-49)34-46(56)57/h3,5-6,11-15,30-31,43H,4,7-10,16-29,32-35H2,1-2H3,(H,54,55)(H,56,57)(H,58,59)(H,60,61)/t43-/m0/s1. The zero-order chi connectivity index (χ0) is 44.4. The highest BCUT2D eigenvalue weighted by Crippen LogP contribution is 2.31. The fourth-order valence-electron chi connectivity index (χ4n) is 8.80. The van der Waals surface area contributed by atoms with Crippen LogP contribution in [-0.4, -0.2) is 167 Å². The van der Waals surface area contributed by atoms with E-state index in [1.54, 1.807) is 4.90 Å². The summed E-state index contributed by atoms with van der Waals surface area (Å²) < 4.78 is 6.59. The number of unbranched alkanes of at least 4 members (excludes halogenated alkanes) is 2. The van der Waals surface area contributed by atoms with Crippen LogP contribution in [0.3, 0.4) is 0 Å². The number of aliphatic carboxylic acids is 4. The van der Waals surface area contributed by atoms with Gasteiger partial charge in [-0.25, -0.2) is 0 Å². The van der Waals surface area contributed by atoms with Crippen LogP contribution in [0.1, 0.15) is 66.3 Å². The number of nitrogens with zero attached hydrogens (tertiary/aromatic N) is 5. The summed E-state index contributed by atoms with van der Waals surface area (Å²) in [4.78, 5) is 56.9. The van der Waals surface area contributed by atoms with E-state index in [1.807, 2.05) is 15.9 Å². The summed E-state index contributed by atoms with van der Waals surface area (Å²) in [5.74, 6) is -2.84. The van der Waals surface area contributed by atoms with Crippen LogP contribution in [-0.2, 0) is 38.6 Å². The first-order valence-corrected chi connectivity index (χ1v) is 22.3. The molecule has 0 unspecified atom stereocenters. The lowest BCUT2D eigenvalue weighted by molar-refractivity contribution is -0.145. The van der Waals surface area contributed by atoms with Crippen LogP contribution in [0.25, 0.3) is 11.1 Å². The molecule has 0 aromatic heterocycles. The van der Waals surface area contributed by atoms with Gasteiger partial charge in [0.05, 0.1) is 26.2 Å². The van der Waals surface area contributed by atoms with Crippen molar-refractivity contribution in [2.24, 2.45) is 0 Å². The van der Waals surface area contributed by atoms with E-state index >= 15 is 0 Å². The molecule has 0 spiro atoms. The Bertz CT molecular complexity index is 1900. The van der Waals surface area contributed by atoms with Crippen molar-refractivity contribution in [3.8, 4) is 16.9 Å². The number of piperidine rings is 1. The minimum absolute atomic E-state index is 0.143. The average molecular weight is 858 g/mol. The van der Waals surface area contributed by atoms with Gasteiger partial charge < -0.3 is 30.1 Å². The topological polar surface area (TPSA) is 175 Å². The molecule has 0 bridgehead atoms. The Morgan fingerprint density at radius 3 is 1.77 bits per heavy atom. The summed E-state index contributed by atoms with van der Waals surface area (Å²) in [7, 11) is 0. The van der Waals surface area contributed by atoms with E-state index in [9.17, 15) is 39.6 Å². The molecule has 3 aromatic rings. The predicted molar refractivity (Wildman–Crippen MR) is 239 cm³/mol. The lowest BCUT2D eigenvalue weighted by Gasteiger charge is -2.33. The van der Waals surface area contributed by atoms with Gasteiger partial charge in [-0.05, 0) is 111 Å². The number of benzene rings is 3. The maximum absolute atomic E-state index is 12.2. The number of carboxylic acids is 4. The zero-order valence-corrected chi connectivity index (χ0v) is 36.7. The van der Waals surface area contributed by atoms with Gasteiger partial charge in [0.25, 0.3) is 0 Å². The third-order valence-corrected chi connectivity index (χ3v) is 12.4. The van der Waals surface area contributed by atoms with Crippen molar-refractivity contribution in [2.75, 3.05) is 91.7 Å². The quantitative estimate of drug-likeness (QED) is 0.109. The van der Waals surface area contributed by atoms with Gasteiger partial charge in [-0.1, -0.05) is 61.0 Å². The van der Waals surface area contributed by atoms with E-state index < -0.39 is 29.9 Å². The Labute approximate surface area is 366 Å². The molecule has 2 saturated heterocycles. The molecule has 0 saturated carbocycles. The summed E-state index contributed by atoms with van der Waals surface area (Å²) in [6.07, 6.45) is 6.79. The molecule has 2 aliphatic heterocycles. The Balaban J connectivity index is 1.23. The number of ether oxygens (including phenoxy) is 1. The first-order chi connectivity index (χ1) is 29.9. The summed E-state index contributed by atoms with van der Waals surface area (Å²) in [6.45, 7) is 10.0. The second-order valence-electron chi connectivity index (χ2n) is 16.9. The molecule has 338 valence electrons. The SMILES string of the molecule is Cc1cc(CN2CCCC[C@H]2C(=O)O)c(OCCCCCN2CCN(CC(=O)O)CCN(CC(=O)O)CCN(CC(=O)O)CC2)cc1CCc1cccc(-c2ccccc2)c1C. The van der Waals surface area contributed by atoms with Gasteiger partial charge in [0.2, 0.25) is 0 Å². The normalized spacial score (nSPS) is 18.1. The highest BCUT2D eigenvalue weighted by Gasteiger charge is 2.29. The number of carboxylic acid groups (broad SMARTS) is 4. The van der Waals surface area contributed by atoms with Crippen LogP contribution in [0.15, 0.2) is 60.7 Å². The predicted octanol–water partition coefficient (Wildman–Crippen LogP) is 5.22. The Hall–Kier alpha value is -4.86. The maximum Gasteiger partial charge on any atom is 0.320 e. The summed E-state index contributed by atoms with van der Waals surface area (Å²) >= 11 is 0.